The maximum absolute atomic E-state index is 12.7. The monoisotopic (exact) mass is 694 g/mol. The van der Waals surface area contributed by atoms with Crippen LogP contribution in [0.1, 0.15) is 129 Å². The molecule has 10 nitrogen and oxygen atoms in total. The van der Waals surface area contributed by atoms with E-state index in [4.69, 9.17) is 18.9 Å². The van der Waals surface area contributed by atoms with E-state index in [2.05, 4.69) is 62.5 Å². The van der Waals surface area contributed by atoms with Gasteiger partial charge in [-0.25, -0.2) is 0 Å². The van der Waals surface area contributed by atoms with Crippen LogP contribution >= 0.6 is 0 Å². The van der Waals surface area contributed by atoms with Crippen LogP contribution in [0.15, 0.2) is 48.6 Å². The van der Waals surface area contributed by atoms with E-state index in [1.54, 1.807) is 0 Å². The molecule has 282 valence electrons. The molecule has 1 fully saturated rings. The van der Waals surface area contributed by atoms with E-state index < -0.39 is 55.4 Å². The smallest absolute Gasteiger partial charge is 0.306 e. The minimum Gasteiger partial charge on any atom is -0.462 e. The molecule has 0 aromatic carbocycles. The summed E-state index contributed by atoms with van der Waals surface area (Å²) in [6, 6.07) is 0. The number of aliphatic hydroxyl groups is 4. The Kier molecular flexibility index (Phi) is 27.8. The molecule has 10 heteroatoms. The van der Waals surface area contributed by atoms with E-state index in [-0.39, 0.29) is 26.1 Å². The number of rotatable bonds is 29. The number of aliphatic hydroxyl groups excluding tert-OH is 4. The molecule has 6 atom stereocenters. The van der Waals surface area contributed by atoms with Gasteiger partial charge in [0.1, 0.15) is 31.0 Å². The van der Waals surface area contributed by atoms with E-state index in [9.17, 15) is 30.0 Å². The fourth-order valence-electron chi connectivity index (χ4n) is 5.24. The summed E-state index contributed by atoms with van der Waals surface area (Å²) in [5.41, 5.74) is 0. The van der Waals surface area contributed by atoms with E-state index >= 15 is 0 Å². The van der Waals surface area contributed by atoms with Crippen LogP contribution in [-0.4, -0.2) is 89.0 Å². The quantitative estimate of drug-likeness (QED) is 0.0386. The summed E-state index contributed by atoms with van der Waals surface area (Å²) >= 11 is 0. The van der Waals surface area contributed by atoms with Crippen LogP contribution < -0.4 is 0 Å². The molecule has 1 aliphatic heterocycles. The van der Waals surface area contributed by atoms with Gasteiger partial charge >= 0.3 is 11.9 Å². The van der Waals surface area contributed by atoms with Crippen molar-refractivity contribution in [3.63, 3.8) is 0 Å². The lowest BCUT2D eigenvalue weighted by atomic mass is 9.99. The highest BCUT2D eigenvalue weighted by Crippen LogP contribution is 2.22. The maximum atomic E-state index is 12.7. The van der Waals surface area contributed by atoms with Crippen LogP contribution in [0.5, 0.6) is 0 Å². The molecule has 1 aliphatic rings. The number of hydrogen-bond donors (Lipinski definition) is 4. The molecular weight excluding hydrogens is 628 g/mol. The topological polar surface area (TPSA) is 152 Å². The summed E-state index contributed by atoms with van der Waals surface area (Å²) in [5.74, 6) is -0.847. The SMILES string of the molecule is CC/C=C\C/C=C\C/C=C\C/C=C\CCCCCCC(=O)OC(COC(=O)CCCCCCCCC)COC1OC(CO)C(O)C(O)C1O. The average molecular weight is 695 g/mol. The summed E-state index contributed by atoms with van der Waals surface area (Å²) in [6.07, 6.45) is 25.7. The number of ether oxygens (including phenoxy) is 4. The fourth-order valence-corrected chi connectivity index (χ4v) is 5.24. The average Bonchev–Trinajstić information content (AvgIpc) is 3.10. The Morgan fingerprint density at radius 2 is 1.20 bits per heavy atom. The molecule has 0 amide bonds. The van der Waals surface area contributed by atoms with Crippen molar-refractivity contribution in [2.24, 2.45) is 0 Å². The van der Waals surface area contributed by atoms with Gasteiger partial charge in [0.15, 0.2) is 12.4 Å². The Balaban J connectivity index is 2.40. The number of hydrogen-bond acceptors (Lipinski definition) is 10. The number of carbonyl (C=O) groups is 2. The van der Waals surface area contributed by atoms with Crippen LogP contribution in [0.2, 0.25) is 0 Å². The second-order valence-electron chi connectivity index (χ2n) is 12.7. The highest BCUT2D eigenvalue weighted by Gasteiger charge is 2.44. The maximum Gasteiger partial charge on any atom is 0.306 e. The first kappa shape index (κ1) is 44.7. The normalized spacial score (nSPS) is 22.1. The Hall–Kier alpha value is -2.34. The molecule has 6 unspecified atom stereocenters. The van der Waals surface area contributed by atoms with E-state index in [1.807, 2.05) is 0 Å². The van der Waals surface area contributed by atoms with Crippen molar-refractivity contribution in [1.82, 2.24) is 0 Å². The predicted octanol–water partition coefficient (Wildman–Crippen LogP) is 6.54. The molecule has 1 saturated heterocycles. The number of esters is 2. The number of carbonyl (C=O) groups excluding carboxylic acids is 2. The van der Waals surface area contributed by atoms with Gasteiger partial charge in [0.2, 0.25) is 0 Å². The van der Waals surface area contributed by atoms with Gasteiger partial charge < -0.3 is 39.4 Å². The van der Waals surface area contributed by atoms with Crippen LogP contribution in [0.25, 0.3) is 0 Å². The number of allylic oxidation sites excluding steroid dienone is 8. The summed E-state index contributed by atoms with van der Waals surface area (Å²) in [7, 11) is 0. The van der Waals surface area contributed by atoms with Crippen LogP contribution in [0.3, 0.4) is 0 Å². The molecule has 1 heterocycles. The largest absolute Gasteiger partial charge is 0.462 e. The van der Waals surface area contributed by atoms with Crippen molar-refractivity contribution >= 4 is 11.9 Å². The van der Waals surface area contributed by atoms with Gasteiger partial charge in [-0.05, 0) is 51.4 Å². The lowest BCUT2D eigenvalue weighted by Crippen LogP contribution is -2.59. The highest BCUT2D eigenvalue weighted by molar-refractivity contribution is 5.70. The Bertz CT molecular complexity index is 944. The van der Waals surface area contributed by atoms with Gasteiger partial charge in [-0.2, -0.15) is 0 Å². The first-order valence-corrected chi connectivity index (χ1v) is 18.7. The van der Waals surface area contributed by atoms with Crippen molar-refractivity contribution in [2.45, 2.75) is 166 Å². The third kappa shape index (κ3) is 22.9. The molecule has 0 aliphatic carbocycles. The van der Waals surface area contributed by atoms with E-state index in [1.165, 1.54) is 19.3 Å². The third-order valence-corrected chi connectivity index (χ3v) is 8.23. The molecule has 49 heavy (non-hydrogen) atoms. The Labute approximate surface area is 295 Å². The fraction of sp³-hybridized carbons (Fsp3) is 0.744. The van der Waals surface area contributed by atoms with Gasteiger partial charge in [0.05, 0.1) is 13.2 Å². The summed E-state index contributed by atoms with van der Waals surface area (Å²) in [4.78, 5) is 25.0. The molecule has 0 aromatic rings. The lowest BCUT2D eigenvalue weighted by molar-refractivity contribution is -0.305. The van der Waals surface area contributed by atoms with E-state index in [0.29, 0.717) is 6.42 Å². The molecule has 0 radical (unpaired) electrons. The van der Waals surface area contributed by atoms with Crippen LogP contribution in [0.4, 0.5) is 0 Å². The van der Waals surface area contributed by atoms with Crippen molar-refractivity contribution < 1.29 is 49.0 Å². The standard InChI is InChI=1S/C39H66O10/c1-3-5-7-9-11-12-13-14-15-16-17-18-19-20-22-24-26-28-35(42)48-32(30-46-34(41)27-25-23-21-10-8-6-4-2)31-47-39-38(45)37(44)36(43)33(29-40)49-39/h5,7,11-12,14-15,17-18,32-33,36-40,43-45H,3-4,6,8-10,13,16,19-31H2,1-2H3/b7-5-,12-11-,15-14-,18-17-. The van der Waals surface area contributed by atoms with Gasteiger partial charge in [0.25, 0.3) is 0 Å². The second kappa shape index (κ2) is 30.5. The molecule has 0 spiro atoms. The first-order chi connectivity index (χ1) is 23.8. The summed E-state index contributed by atoms with van der Waals surface area (Å²) in [6.45, 7) is 3.20. The minimum atomic E-state index is -1.60. The molecule has 0 aromatic heterocycles. The second-order valence-corrected chi connectivity index (χ2v) is 12.7. The highest BCUT2D eigenvalue weighted by atomic mass is 16.7. The molecule has 0 bridgehead atoms. The van der Waals surface area contributed by atoms with Crippen molar-refractivity contribution in [2.75, 3.05) is 19.8 Å². The van der Waals surface area contributed by atoms with E-state index in [0.717, 1.165) is 77.0 Å². The summed E-state index contributed by atoms with van der Waals surface area (Å²) in [5, 5.41) is 39.8. The van der Waals surface area contributed by atoms with Crippen molar-refractivity contribution in [3.8, 4) is 0 Å². The zero-order valence-corrected chi connectivity index (χ0v) is 30.2. The van der Waals surface area contributed by atoms with Crippen LogP contribution in [0, 0.1) is 0 Å². The predicted molar refractivity (Wildman–Crippen MR) is 192 cm³/mol. The van der Waals surface area contributed by atoms with Gasteiger partial charge in [-0.3, -0.25) is 9.59 Å². The lowest BCUT2D eigenvalue weighted by Gasteiger charge is -2.39. The van der Waals surface area contributed by atoms with Gasteiger partial charge in [-0.1, -0.05) is 114 Å². The van der Waals surface area contributed by atoms with Gasteiger partial charge in [-0.15, -0.1) is 0 Å². The summed E-state index contributed by atoms with van der Waals surface area (Å²) < 4.78 is 21.9. The molecular formula is C39H66O10. The zero-order valence-electron chi connectivity index (χ0n) is 30.2. The first-order valence-electron chi connectivity index (χ1n) is 18.7. The molecule has 1 rings (SSSR count). The molecule has 4 N–H and O–H groups in total. The molecule has 0 saturated carbocycles. The Morgan fingerprint density at radius 3 is 1.82 bits per heavy atom. The zero-order chi connectivity index (χ0) is 36.0. The minimum absolute atomic E-state index is 0.201. The Morgan fingerprint density at radius 1 is 0.653 bits per heavy atom. The van der Waals surface area contributed by atoms with Crippen molar-refractivity contribution in [3.05, 3.63) is 48.6 Å². The van der Waals surface area contributed by atoms with Crippen molar-refractivity contribution in [1.29, 1.82) is 0 Å². The van der Waals surface area contributed by atoms with Crippen LogP contribution in [-0.2, 0) is 28.5 Å². The third-order valence-electron chi connectivity index (χ3n) is 8.23. The van der Waals surface area contributed by atoms with Gasteiger partial charge in [0, 0.05) is 12.8 Å². The number of unbranched alkanes of at least 4 members (excludes halogenated alkanes) is 10.